The molecule has 0 bridgehead atoms. The third-order valence-corrected chi connectivity index (χ3v) is 4.58. The number of nitrogens with zero attached hydrogens (tertiary/aromatic N) is 4. The Kier molecular flexibility index (Phi) is 5.30. The second kappa shape index (κ2) is 8.20. The summed E-state index contributed by atoms with van der Waals surface area (Å²) in [5, 5.41) is 8.46. The Morgan fingerprint density at radius 1 is 0.967 bits per heavy atom. The van der Waals surface area contributed by atoms with E-state index >= 15 is 0 Å². The summed E-state index contributed by atoms with van der Waals surface area (Å²) >= 11 is 0. The molecule has 8 nitrogen and oxygen atoms in total. The minimum atomic E-state index is -0.269. The third kappa shape index (κ3) is 3.93. The van der Waals surface area contributed by atoms with E-state index in [4.69, 9.17) is 14.0 Å². The van der Waals surface area contributed by atoms with Crippen LogP contribution in [0.25, 0.3) is 22.6 Å². The van der Waals surface area contributed by atoms with Crippen LogP contribution < -0.4 is 15.0 Å². The highest BCUT2D eigenvalue weighted by Gasteiger charge is 2.13. The molecule has 152 valence electrons. The van der Waals surface area contributed by atoms with Gasteiger partial charge < -0.3 is 14.0 Å². The number of rotatable bonds is 6. The van der Waals surface area contributed by atoms with Gasteiger partial charge in [0.1, 0.15) is 6.54 Å². The maximum absolute atomic E-state index is 12.3. The van der Waals surface area contributed by atoms with Crippen LogP contribution in [0.5, 0.6) is 11.5 Å². The van der Waals surface area contributed by atoms with Gasteiger partial charge in [-0.1, -0.05) is 28.9 Å². The molecule has 0 radical (unpaired) electrons. The Balaban J connectivity index is 1.63. The molecule has 0 saturated carbocycles. The number of hydrogen-bond acceptors (Lipinski definition) is 7. The summed E-state index contributed by atoms with van der Waals surface area (Å²) in [6.45, 7) is 2.06. The van der Waals surface area contributed by atoms with Gasteiger partial charge in [0.05, 0.1) is 19.9 Å². The molecule has 0 amide bonds. The average molecular weight is 404 g/mol. The summed E-state index contributed by atoms with van der Waals surface area (Å²) in [6, 6.07) is 16.4. The molecule has 0 aliphatic heterocycles. The van der Waals surface area contributed by atoms with Gasteiger partial charge >= 0.3 is 0 Å². The van der Waals surface area contributed by atoms with E-state index in [1.807, 2.05) is 37.3 Å². The summed E-state index contributed by atoms with van der Waals surface area (Å²) in [5.74, 6) is 1.96. The van der Waals surface area contributed by atoms with Gasteiger partial charge in [-0.15, -0.1) is 0 Å². The van der Waals surface area contributed by atoms with Gasteiger partial charge in [0.25, 0.3) is 5.56 Å². The lowest BCUT2D eigenvalue weighted by atomic mass is 10.1. The van der Waals surface area contributed by atoms with Crippen LogP contribution in [0, 0.1) is 6.92 Å². The molecule has 2 aromatic carbocycles. The topological polar surface area (TPSA) is 92.3 Å². The SMILES string of the molecule is COc1ccc(-c2ccc(=O)n(Cc3nc(-c4cccc(C)c4)no3)n2)cc1OC. The Labute approximate surface area is 172 Å². The van der Waals surface area contributed by atoms with E-state index in [1.54, 1.807) is 32.4 Å². The van der Waals surface area contributed by atoms with Gasteiger partial charge in [0.2, 0.25) is 11.7 Å². The summed E-state index contributed by atoms with van der Waals surface area (Å²) < 4.78 is 17.2. The molecule has 0 fully saturated rings. The zero-order valence-corrected chi connectivity index (χ0v) is 16.8. The fourth-order valence-electron chi connectivity index (χ4n) is 3.06. The quantitative estimate of drug-likeness (QED) is 0.487. The number of methoxy groups -OCH3 is 2. The molecule has 0 atom stereocenters. The van der Waals surface area contributed by atoms with E-state index in [-0.39, 0.29) is 12.1 Å². The zero-order chi connectivity index (χ0) is 21.1. The van der Waals surface area contributed by atoms with Crippen molar-refractivity contribution in [3.8, 4) is 34.1 Å². The average Bonchev–Trinajstić information content (AvgIpc) is 3.23. The Bertz CT molecular complexity index is 1250. The molecule has 0 spiro atoms. The number of benzene rings is 2. The fraction of sp³-hybridized carbons (Fsp3) is 0.182. The van der Waals surface area contributed by atoms with Crippen molar-refractivity contribution in [1.29, 1.82) is 0 Å². The van der Waals surface area contributed by atoms with Crippen molar-refractivity contribution in [3.63, 3.8) is 0 Å². The molecule has 4 aromatic rings. The summed E-state index contributed by atoms with van der Waals surface area (Å²) in [4.78, 5) is 16.7. The van der Waals surface area contributed by atoms with Crippen LogP contribution in [0.3, 0.4) is 0 Å². The third-order valence-electron chi connectivity index (χ3n) is 4.58. The normalized spacial score (nSPS) is 10.8. The monoisotopic (exact) mass is 404 g/mol. The fourth-order valence-corrected chi connectivity index (χ4v) is 3.06. The highest BCUT2D eigenvalue weighted by atomic mass is 16.5. The van der Waals surface area contributed by atoms with Crippen molar-refractivity contribution >= 4 is 0 Å². The van der Waals surface area contributed by atoms with Crippen molar-refractivity contribution in [2.75, 3.05) is 14.2 Å². The van der Waals surface area contributed by atoms with E-state index in [0.717, 1.165) is 16.7 Å². The summed E-state index contributed by atoms with van der Waals surface area (Å²) in [5.41, 5.74) is 3.07. The van der Waals surface area contributed by atoms with Gasteiger partial charge in [0, 0.05) is 17.2 Å². The molecule has 30 heavy (non-hydrogen) atoms. The van der Waals surface area contributed by atoms with Crippen molar-refractivity contribution < 1.29 is 14.0 Å². The van der Waals surface area contributed by atoms with Crippen molar-refractivity contribution in [3.05, 3.63) is 76.4 Å². The second-order valence-electron chi connectivity index (χ2n) is 6.67. The molecule has 0 aliphatic rings. The van der Waals surface area contributed by atoms with Crippen LogP contribution in [0.4, 0.5) is 0 Å². The summed E-state index contributed by atoms with van der Waals surface area (Å²) in [7, 11) is 3.14. The Morgan fingerprint density at radius 2 is 1.80 bits per heavy atom. The number of aromatic nitrogens is 4. The van der Waals surface area contributed by atoms with Gasteiger partial charge in [-0.05, 0) is 37.3 Å². The lowest BCUT2D eigenvalue weighted by Gasteiger charge is -2.10. The largest absolute Gasteiger partial charge is 0.493 e. The minimum absolute atomic E-state index is 0.0682. The first-order chi connectivity index (χ1) is 14.6. The lowest BCUT2D eigenvalue weighted by molar-refractivity contribution is 0.355. The molecule has 4 rings (SSSR count). The van der Waals surface area contributed by atoms with Gasteiger partial charge in [-0.3, -0.25) is 4.79 Å². The Morgan fingerprint density at radius 3 is 2.57 bits per heavy atom. The van der Waals surface area contributed by atoms with Gasteiger partial charge in [-0.2, -0.15) is 10.1 Å². The molecule has 0 N–H and O–H groups in total. The number of aryl methyl sites for hydroxylation is 1. The maximum Gasteiger partial charge on any atom is 0.267 e. The molecule has 2 heterocycles. The van der Waals surface area contributed by atoms with Crippen molar-refractivity contribution in [2.45, 2.75) is 13.5 Å². The highest BCUT2D eigenvalue weighted by molar-refractivity contribution is 5.63. The van der Waals surface area contributed by atoms with Crippen LogP contribution in [-0.4, -0.2) is 34.1 Å². The van der Waals surface area contributed by atoms with Gasteiger partial charge in [-0.25, -0.2) is 4.68 Å². The predicted molar refractivity (Wildman–Crippen MR) is 111 cm³/mol. The van der Waals surface area contributed by atoms with E-state index < -0.39 is 0 Å². The molecule has 0 unspecified atom stereocenters. The smallest absolute Gasteiger partial charge is 0.267 e. The first kappa shape index (κ1) is 19.4. The first-order valence-electron chi connectivity index (χ1n) is 9.27. The summed E-state index contributed by atoms with van der Waals surface area (Å²) in [6.07, 6.45) is 0. The van der Waals surface area contributed by atoms with Crippen molar-refractivity contribution in [2.24, 2.45) is 0 Å². The second-order valence-corrected chi connectivity index (χ2v) is 6.67. The lowest BCUT2D eigenvalue weighted by Crippen LogP contribution is -2.23. The van der Waals surface area contributed by atoms with E-state index in [1.165, 1.54) is 10.7 Å². The minimum Gasteiger partial charge on any atom is -0.493 e. The highest BCUT2D eigenvalue weighted by Crippen LogP contribution is 2.31. The Hall–Kier alpha value is -3.94. The predicted octanol–water partition coefficient (Wildman–Crippen LogP) is 3.33. The number of ether oxygens (including phenoxy) is 2. The van der Waals surface area contributed by atoms with Crippen LogP contribution >= 0.6 is 0 Å². The van der Waals surface area contributed by atoms with Gasteiger partial charge in [0.15, 0.2) is 11.5 Å². The molecule has 8 heteroatoms. The van der Waals surface area contributed by atoms with Crippen LogP contribution in [0.15, 0.2) is 63.9 Å². The van der Waals surface area contributed by atoms with Crippen LogP contribution in [0.2, 0.25) is 0 Å². The first-order valence-corrected chi connectivity index (χ1v) is 9.27. The molecule has 2 aromatic heterocycles. The standard InChI is InChI=1S/C22H20N4O4/c1-14-5-4-6-16(11-14)22-23-20(30-25-22)13-26-21(27)10-8-17(24-26)15-7-9-18(28-2)19(12-15)29-3/h4-12H,13H2,1-3H3. The molecular formula is C22H20N4O4. The van der Waals surface area contributed by atoms with Crippen LogP contribution in [0.1, 0.15) is 11.5 Å². The van der Waals surface area contributed by atoms with E-state index in [2.05, 4.69) is 15.2 Å². The zero-order valence-electron chi connectivity index (χ0n) is 16.8. The van der Waals surface area contributed by atoms with E-state index in [9.17, 15) is 4.79 Å². The molecule has 0 aliphatic carbocycles. The van der Waals surface area contributed by atoms with Crippen LogP contribution in [-0.2, 0) is 6.54 Å². The molecular weight excluding hydrogens is 384 g/mol. The molecule has 0 saturated heterocycles. The van der Waals surface area contributed by atoms with Crippen molar-refractivity contribution in [1.82, 2.24) is 19.9 Å². The number of hydrogen-bond donors (Lipinski definition) is 0. The van der Waals surface area contributed by atoms with E-state index in [0.29, 0.717) is 28.9 Å². The maximum atomic E-state index is 12.3.